The first-order chi connectivity index (χ1) is 14.8. The lowest BCUT2D eigenvalue weighted by Crippen LogP contribution is -2.18. The predicted octanol–water partition coefficient (Wildman–Crippen LogP) is 4.45. The highest BCUT2D eigenvalue weighted by Crippen LogP contribution is 2.21. The maximum Gasteiger partial charge on any atom is 0.276 e. The van der Waals surface area contributed by atoms with Gasteiger partial charge in [0.05, 0.1) is 16.0 Å². The molecule has 0 unspecified atom stereocenters. The van der Waals surface area contributed by atoms with Gasteiger partial charge in [-0.25, -0.2) is 4.83 Å². The van der Waals surface area contributed by atoms with Gasteiger partial charge in [-0.1, -0.05) is 29.8 Å². The zero-order valence-electron chi connectivity index (χ0n) is 16.4. The quantitative estimate of drug-likeness (QED) is 0.304. The van der Waals surface area contributed by atoms with Crippen molar-refractivity contribution >= 4 is 33.5 Å². The summed E-state index contributed by atoms with van der Waals surface area (Å²) in [5, 5.41) is 15.2. The predicted molar refractivity (Wildman–Crippen MR) is 118 cm³/mol. The topological polar surface area (TPSA) is 111 Å². The van der Waals surface area contributed by atoms with Crippen molar-refractivity contribution in [2.45, 2.75) is 18.4 Å². The summed E-state index contributed by atoms with van der Waals surface area (Å²) in [5.74, 6) is 0.624. The van der Waals surface area contributed by atoms with Crippen LogP contribution in [0.15, 0.2) is 76.7 Å². The number of sulfonamides is 1. The molecule has 160 valence electrons. The summed E-state index contributed by atoms with van der Waals surface area (Å²) < 4.78 is 30.4. The number of nitrogens with zero attached hydrogens (tertiary/aromatic N) is 2. The molecule has 0 saturated carbocycles. The van der Waals surface area contributed by atoms with Gasteiger partial charge in [-0.05, 0) is 55.0 Å². The Bertz CT molecular complexity index is 1230. The van der Waals surface area contributed by atoms with Crippen LogP contribution in [-0.2, 0) is 16.6 Å². The summed E-state index contributed by atoms with van der Waals surface area (Å²) in [6.07, 6.45) is 1.34. The van der Waals surface area contributed by atoms with E-state index in [2.05, 4.69) is 9.93 Å². The van der Waals surface area contributed by atoms with Crippen LogP contribution in [0.4, 0.5) is 5.69 Å². The number of nitro groups is 1. The number of aryl methyl sites for hydroxylation is 1. The molecule has 0 fully saturated rings. The van der Waals surface area contributed by atoms with Gasteiger partial charge in [-0.15, -0.1) is 0 Å². The van der Waals surface area contributed by atoms with Crippen LogP contribution in [0.2, 0.25) is 5.02 Å². The van der Waals surface area contributed by atoms with Gasteiger partial charge >= 0.3 is 0 Å². The maximum atomic E-state index is 12.3. The average molecular weight is 460 g/mol. The Kier molecular flexibility index (Phi) is 6.88. The number of hydrogen-bond donors (Lipinski definition) is 1. The lowest BCUT2D eigenvalue weighted by atomic mass is 10.2. The van der Waals surface area contributed by atoms with E-state index in [-0.39, 0.29) is 16.1 Å². The van der Waals surface area contributed by atoms with Gasteiger partial charge in [0, 0.05) is 22.2 Å². The van der Waals surface area contributed by atoms with E-state index in [1.54, 1.807) is 30.3 Å². The SMILES string of the molecule is Cc1cc(S(=O)(=O)N/N=C/c2ccc(OCc3ccccc3Cl)cc2)ccc1[N+](=O)[O-]. The highest BCUT2D eigenvalue weighted by Gasteiger charge is 2.17. The number of nitrogens with one attached hydrogen (secondary N) is 1. The number of halogens is 1. The Morgan fingerprint density at radius 2 is 1.84 bits per heavy atom. The zero-order chi connectivity index (χ0) is 22.4. The average Bonchev–Trinajstić information content (AvgIpc) is 2.73. The molecule has 3 aromatic carbocycles. The molecule has 0 heterocycles. The number of benzene rings is 3. The molecule has 0 atom stereocenters. The number of ether oxygens (including phenoxy) is 1. The smallest absolute Gasteiger partial charge is 0.276 e. The molecule has 0 aliphatic rings. The minimum absolute atomic E-state index is 0.115. The molecule has 0 radical (unpaired) electrons. The number of hydrogen-bond acceptors (Lipinski definition) is 6. The molecule has 0 bridgehead atoms. The Labute approximate surface area is 184 Å². The van der Waals surface area contributed by atoms with Crippen LogP contribution in [0.3, 0.4) is 0 Å². The van der Waals surface area contributed by atoms with Gasteiger partial charge < -0.3 is 4.74 Å². The van der Waals surface area contributed by atoms with Gasteiger partial charge in [0.25, 0.3) is 15.7 Å². The van der Waals surface area contributed by atoms with Crippen LogP contribution in [0, 0.1) is 17.0 Å². The van der Waals surface area contributed by atoms with E-state index in [1.165, 1.54) is 19.2 Å². The fourth-order valence-corrected chi connectivity index (χ4v) is 3.72. The Morgan fingerprint density at radius 3 is 2.48 bits per heavy atom. The maximum absolute atomic E-state index is 12.3. The van der Waals surface area contributed by atoms with Gasteiger partial charge in [0.15, 0.2) is 0 Å². The molecule has 8 nitrogen and oxygen atoms in total. The molecule has 3 rings (SSSR count). The molecule has 3 aromatic rings. The zero-order valence-corrected chi connectivity index (χ0v) is 17.9. The molecule has 0 spiro atoms. The van der Waals surface area contributed by atoms with Crippen molar-refractivity contribution in [1.82, 2.24) is 4.83 Å². The van der Waals surface area contributed by atoms with Crippen LogP contribution >= 0.6 is 11.6 Å². The molecule has 0 aromatic heterocycles. The summed E-state index contributed by atoms with van der Waals surface area (Å²) in [5.41, 5.74) is 1.60. The molecule has 0 saturated heterocycles. The summed E-state index contributed by atoms with van der Waals surface area (Å²) in [7, 11) is -3.95. The third kappa shape index (κ3) is 5.80. The third-order valence-electron chi connectivity index (χ3n) is 4.29. The van der Waals surface area contributed by atoms with Crippen LogP contribution in [0.1, 0.15) is 16.7 Å². The van der Waals surface area contributed by atoms with Crippen LogP contribution in [0.25, 0.3) is 0 Å². The first kappa shape index (κ1) is 22.3. The van der Waals surface area contributed by atoms with Gasteiger partial charge in [0.2, 0.25) is 0 Å². The van der Waals surface area contributed by atoms with E-state index in [1.807, 2.05) is 18.2 Å². The first-order valence-corrected chi connectivity index (χ1v) is 10.9. The molecular formula is C21H18ClN3O5S. The highest BCUT2D eigenvalue weighted by atomic mass is 35.5. The van der Waals surface area contributed by atoms with Crippen molar-refractivity contribution in [2.75, 3.05) is 0 Å². The van der Waals surface area contributed by atoms with E-state index in [4.69, 9.17) is 16.3 Å². The fourth-order valence-electron chi connectivity index (χ4n) is 2.65. The monoisotopic (exact) mass is 459 g/mol. The van der Waals surface area contributed by atoms with Crippen molar-refractivity contribution in [3.63, 3.8) is 0 Å². The van der Waals surface area contributed by atoms with Crippen molar-refractivity contribution < 1.29 is 18.1 Å². The fraction of sp³-hybridized carbons (Fsp3) is 0.0952. The molecule has 10 heteroatoms. The van der Waals surface area contributed by atoms with Crippen LogP contribution < -0.4 is 9.57 Å². The van der Waals surface area contributed by atoms with Crippen molar-refractivity contribution in [1.29, 1.82) is 0 Å². The molecule has 1 N–H and O–H groups in total. The van der Waals surface area contributed by atoms with Gasteiger partial charge in [-0.2, -0.15) is 13.5 Å². The molecule has 0 amide bonds. The summed E-state index contributed by atoms with van der Waals surface area (Å²) in [4.78, 5) is 12.3. The highest BCUT2D eigenvalue weighted by molar-refractivity contribution is 7.89. The molecular weight excluding hydrogens is 442 g/mol. The third-order valence-corrected chi connectivity index (χ3v) is 5.88. The standard InChI is InChI=1S/C21H18ClN3O5S/c1-15-12-19(10-11-21(15)25(26)27)31(28,29)24-23-13-16-6-8-18(9-7-16)30-14-17-4-2-3-5-20(17)22/h2-13,24H,14H2,1H3/b23-13+. The van der Waals surface area contributed by atoms with Crippen molar-refractivity contribution in [2.24, 2.45) is 5.10 Å². The van der Waals surface area contributed by atoms with E-state index in [9.17, 15) is 18.5 Å². The Morgan fingerprint density at radius 1 is 1.13 bits per heavy atom. The van der Waals surface area contributed by atoms with E-state index < -0.39 is 14.9 Å². The lowest BCUT2D eigenvalue weighted by Gasteiger charge is -2.08. The molecule has 31 heavy (non-hydrogen) atoms. The van der Waals surface area contributed by atoms with Crippen molar-refractivity contribution in [3.05, 3.63) is 98.6 Å². The van der Waals surface area contributed by atoms with Crippen LogP contribution in [0.5, 0.6) is 5.75 Å². The lowest BCUT2D eigenvalue weighted by molar-refractivity contribution is -0.385. The largest absolute Gasteiger partial charge is 0.489 e. The summed E-state index contributed by atoms with van der Waals surface area (Å²) in [6, 6.07) is 17.8. The summed E-state index contributed by atoms with van der Waals surface area (Å²) in [6.45, 7) is 1.79. The second kappa shape index (κ2) is 9.59. The Hall–Kier alpha value is -3.43. The van der Waals surface area contributed by atoms with E-state index in [0.717, 1.165) is 17.7 Å². The summed E-state index contributed by atoms with van der Waals surface area (Å²) >= 11 is 6.10. The number of rotatable bonds is 8. The number of nitro benzene ring substituents is 1. The van der Waals surface area contributed by atoms with Crippen LogP contribution in [-0.4, -0.2) is 19.6 Å². The minimum atomic E-state index is -3.95. The van der Waals surface area contributed by atoms with E-state index >= 15 is 0 Å². The normalized spacial score (nSPS) is 11.4. The molecule has 0 aliphatic heterocycles. The first-order valence-electron chi connectivity index (χ1n) is 9.02. The minimum Gasteiger partial charge on any atom is -0.489 e. The second-order valence-electron chi connectivity index (χ2n) is 6.51. The van der Waals surface area contributed by atoms with E-state index in [0.29, 0.717) is 22.9 Å². The van der Waals surface area contributed by atoms with Crippen molar-refractivity contribution in [3.8, 4) is 5.75 Å². The Balaban J connectivity index is 1.61. The number of hydrazone groups is 1. The second-order valence-corrected chi connectivity index (χ2v) is 8.58. The van der Waals surface area contributed by atoms with Gasteiger partial charge in [-0.3, -0.25) is 10.1 Å². The molecule has 0 aliphatic carbocycles. The van der Waals surface area contributed by atoms with Gasteiger partial charge in [0.1, 0.15) is 12.4 Å².